The van der Waals surface area contributed by atoms with Gasteiger partial charge in [0.25, 0.3) is 0 Å². The molecule has 37 heavy (non-hydrogen) atoms. The van der Waals surface area contributed by atoms with Crippen molar-refractivity contribution in [1.82, 2.24) is 5.16 Å². The van der Waals surface area contributed by atoms with Gasteiger partial charge in [-0.3, -0.25) is 0 Å². The monoisotopic (exact) mass is 522 g/mol. The molecule has 1 heterocycles. The molecule has 0 amide bonds. The lowest BCUT2D eigenvalue weighted by Crippen LogP contribution is -2.09. The first-order chi connectivity index (χ1) is 17.7. The molecule has 5 aromatic rings. The van der Waals surface area contributed by atoms with Crippen LogP contribution >= 0.6 is 11.6 Å². The van der Waals surface area contributed by atoms with Crippen LogP contribution in [0.1, 0.15) is 21.5 Å². The number of hydrogen-bond acceptors (Lipinski definition) is 4. The number of alkyl halides is 3. The SMILES string of the molecule is O=C(O)c1ccc(NCc2c(-c3c(Cl)cccc3C(F)(F)F)noc2-c2cccc3ccccc23)cc1. The van der Waals surface area contributed by atoms with Crippen LogP contribution in [-0.2, 0) is 12.7 Å². The molecule has 0 atom stereocenters. The predicted molar refractivity (Wildman–Crippen MR) is 136 cm³/mol. The Balaban J connectivity index is 1.67. The molecule has 5 rings (SSSR count). The zero-order valence-electron chi connectivity index (χ0n) is 19.0. The van der Waals surface area contributed by atoms with E-state index >= 15 is 0 Å². The molecule has 9 heteroatoms. The second-order valence-corrected chi connectivity index (χ2v) is 8.67. The molecule has 0 aliphatic heterocycles. The maximum atomic E-state index is 14.0. The number of fused-ring (bicyclic) bond motifs is 1. The summed E-state index contributed by atoms with van der Waals surface area (Å²) in [5.74, 6) is -0.765. The van der Waals surface area contributed by atoms with E-state index < -0.39 is 17.7 Å². The van der Waals surface area contributed by atoms with Gasteiger partial charge in [0.15, 0.2) is 5.76 Å². The Morgan fingerprint density at radius 1 is 0.946 bits per heavy atom. The summed E-state index contributed by atoms with van der Waals surface area (Å²) >= 11 is 6.30. The average molecular weight is 523 g/mol. The lowest BCUT2D eigenvalue weighted by Gasteiger charge is -2.15. The van der Waals surface area contributed by atoms with E-state index in [-0.39, 0.29) is 28.4 Å². The van der Waals surface area contributed by atoms with Gasteiger partial charge in [-0.15, -0.1) is 0 Å². The lowest BCUT2D eigenvalue weighted by molar-refractivity contribution is -0.137. The smallest absolute Gasteiger partial charge is 0.417 e. The van der Waals surface area contributed by atoms with Crippen molar-refractivity contribution < 1.29 is 27.6 Å². The van der Waals surface area contributed by atoms with E-state index in [1.165, 1.54) is 24.3 Å². The molecule has 2 N–H and O–H groups in total. The van der Waals surface area contributed by atoms with Crippen molar-refractivity contribution in [3.63, 3.8) is 0 Å². The summed E-state index contributed by atoms with van der Waals surface area (Å²) in [5.41, 5.74) is 0.479. The number of halogens is 4. The first kappa shape index (κ1) is 24.4. The van der Waals surface area contributed by atoms with Crippen molar-refractivity contribution in [2.45, 2.75) is 12.7 Å². The summed E-state index contributed by atoms with van der Waals surface area (Å²) < 4.78 is 47.6. The van der Waals surface area contributed by atoms with Gasteiger partial charge in [-0.1, -0.05) is 65.3 Å². The molecule has 0 radical (unpaired) electrons. The molecule has 0 saturated carbocycles. The molecule has 5 nitrogen and oxygen atoms in total. The quantitative estimate of drug-likeness (QED) is 0.235. The number of carboxylic acid groups (broad SMARTS) is 1. The maximum absolute atomic E-state index is 14.0. The largest absolute Gasteiger partial charge is 0.478 e. The van der Waals surface area contributed by atoms with Crippen LogP contribution in [0.5, 0.6) is 0 Å². The Kier molecular flexibility index (Phi) is 6.35. The highest BCUT2D eigenvalue weighted by molar-refractivity contribution is 6.33. The fraction of sp³-hybridized carbons (Fsp3) is 0.0714. The molecule has 186 valence electrons. The number of aromatic nitrogens is 1. The van der Waals surface area contributed by atoms with Gasteiger partial charge in [-0.2, -0.15) is 13.2 Å². The number of rotatable bonds is 6. The van der Waals surface area contributed by atoms with Crippen LogP contribution < -0.4 is 5.32 Å². The summed E-state index contributed by atoms with van der Waals surface area (Å²) in [6.07, 6.45) is -4.67. The Hall–Kier alpha value is -4.30. The molecular weight excluding hydrogens is 505 g/mol. The molecule has 0 bridgehead atoms. The van der Waals surface area contributed by atoms with E-state index in [2.05, 4.69) is 10.5 Å². The molecule has 4 aromatic carbocycles. The highest BCUT2D eigenvalue weighted by Crippen LogP contribution is 2.44. The van der Waals surface area contributed by atoms with Gasteiger partial charge in [0.05, 0.1) is 16.1 Å². The summed E-state index contributed by atoms with van der Waals surface area (Å²) in [4.78, 5) is 11.2. The molecular formula is C28H18ClF3N2O3. The number of hydrogen-bond donors (Lipinski definition) is 2. The topological polar surface area (TPSA) is 75.4 Å². The number of nitrogens with one attached hydrogen (secondary N) is 1. The minimum atomic E-state index is -4.67. The number of aromatic carboxylic acids is 1. The average Bonchev–Trinajstić information content (AvgIpc) is 3.29. The molecule has 0 aliphatic rings. The van der Waals surface area contributed by atoms with Crippen molar-refractivity contribution in [2.24, 2.45) is 0 Å². The minimum absolute atomic E-state index is 0.0319. The maximum Gasteiger partial charge on any atom is 0.417 e. The van der Waals surface area contributed by atoms with E-state index in [0.29, 0.717) is 22.6 Å². The van der Waals surface area contributed by atoms with Crippen LogP contribution in [0.2, 0.25) is 5.02 Å². The van der Waals surface area contributed by atoms with Crippen molar-refractivity contribution in [3.8, 4) is 22.6 Å². The first-order valence-corrected chi connectivity index (χ1v) is 11.5. The zero-order valence-corrected chi connectivity index (χ0v) is 19.8. The highest BCUT2D eigenvalue weighted by Gasteiger charge is 2.36. The van der Waals surface area contributed by atoms with Crippen LogP contribution in [0.15, 0.2) is 89.5 Å². The van der Waals surface area contributed by atoms with E-state index in [1.807, 2.05) is 42.5 Å². The number of carboxylic acids is 1. The third kappa shape index (κ3) is 4.75. The van der Waals surface area contributed by atoms with Gasteiger partial charge in [-0.05, 0) is 47.2 Å². The van der Waals surface area contributed by atoms with Crippen molar-refractivity contribution in [3.05, 3.63) is 107 Å². The Morgan fingerprint density at radius 3 is 2.38 bits per heavy atom. The normalized spacial score (nSPS) is 11.6. The van der Waals surface area contributed by atoms with Crippen LogP contribution in [0.3, 0.4) is 0 Å². The van der Waals surface area contributed by atoms with E-state index in [0.717, 1.165) is 16.8 Å². The summed E-state index contributed by atoms with van der Waals surface area (Å²) in [7, 11) is 0. The Bertz CT molecular complexity index is 1610. The zero-order chi connectivity index (χ0) is 26.2. The molecule has 0 aliphatic carbocycles. The molecule has 0 unspecified atom stereocenters. The Labute approximate surface area is 214 Å². The number of nitrogens with zero attached hydrogens (tertiary/aromatic N) is 1. The molecule has 0 spiro atoms. The number of carbonyl (C=O) groups is 1. The van der Waals surface area contributed by atoms with Gasteiger partial charge in [-0.25, -0.2) is 4.79 Å². The number of anilines is 1. The van der Waals surface area contributed by atoms with Crippen molar-refractivity contribution in [2.75, 3.05) is 5.32 Å². The second-order valence-electron chi connectivity index (χ2n) is 8.26. The number of benzene rings is 4. The standard InChI is InChI=1S/C28H18ClF3N2O3/c29-23-10-4-9-22(28(30,31)32)24(23)25-21(15-33-18-13-11-17(12-14-18)27(35)36)26(37-34-25)20-8-3-6-16-5-1-2-7-19(16)20/h1-14,33H,15H2,(H,35,36). The summed E-state index contributed by atoms with van der Waals surface area (Å²) in [6.45, 7) is 0.0341. The summed E-state index contributed by atoms with van der Waals surface area (Å²) in [6, 6.07) is 22.7. The highest BCUT2D eigenvalue weighted by atomic mass is 35.5. The molecule has 1 aromatic heterocycles. The van der Waals surface area contributed by atoms with Gasteiger partial charge in [0, 0.05) is 28.9 Å². The fourth-order valence-electron chi connectivity index (χ4n) is 4.23. The summed E-state index contributed by atoms with van der Waals surface area (Å²) in [5, 5.41) is 18.0. The minimum Gasteiger partial charge on any atom is -0.478 e. The predicted octanol–water partition coefficient (Wildman–Crippen LogP) is 8.14. The van der Waals surface area contributed by atoms with Crippen LogP contribution in [0.25, 0.3) is 33.4 Å². The third-order valence-corrected chi connectivity index (χ3v) is 6.29. The molecule has 0 saturated heterocycles. The first-order valence-electron chi connectivity index (χ1n) is 11.1. The Morgan fingerprint density at radius 2 is 1.65 bits per heavy atom. The van der Waals surface area contributed by atoms with E-state index in [1.54, 1.807) is 12.1 Å². The van der Waals surface area contributed by atoms with Crippen molar-refractivity contribution in [1.29, 1.82) is 0 Å². The van der Waals surface area contributed by atoms with Crippen LogP contribution in [-0.4, -0.2) is 16.2 Å². The van der Waals surface area contributed by atoms with E-state index in [9.17, 15) is 18.0 Å². The van der Waals surface area contributed by atoms with Crippen LogP contribution in [0, 0.1) is 0 Å². The van der Waals surface area contributed by atoms with Crippen molar-refractivity contribution >= 4 is 34.0 Å². The van der Waals surface area contributed by atoms with Gasteiger partial charge < -0.3 is 14.9 Å². The lowest BCUT2D eigenvalue weighted by atomic mass is 9.96. The van der Waals surface area contributed by atoms with Gasteiger partial charge in [0.2, 0.25) is 0 Å². The van der Waals surface area contributed by atoms with E-state index in [4.69, 9.17) is 21.2 Å². The molecule has 0 fully saturated rings. The van der Waals surface area contributed by atoms with Gasteiger partial charge >= 0.3 is 12.1 Å². The third-order valence-electron chi connectivity index (χ3n) is 5.98. The second kappa shape index (κ2) is 9.63. The fourth-order valence-corrected chi connectivity index (χ4v) is 4.49. The van der Waals surface area contributed by atoms with Gasteiger partial charge in [0.1, 0.15) is 5.69 Å². The van der Waals surface area contributed by atoms with Crippen LogP contribution in [0.4, 0.5) is 18.9 Å².